The molecule has 114 valence electrons. The molecule has 1 aromatic carbocycles. The number of piperazine rings is 1. The van der Waals surface area contributed by atoms with E-state index >= 15 is 0 Å². The van der Waals surface area contributed by atoms with Gasteiger partial charge in [0, 0.05) is 37.8 Å². The van der Waals surface area contributed by atoms with Crippen molar-refractivity contribution in [1.29, 1.82) is 0 Å². The molecule has 0 radical (unpaired) electrons. The van der Waals surface area contributed by atoms with Crippen LogP contribution in [-0.2, 0) is 0 Å². The monoisotopic (exact) mass is 318 g/mol. The molecule has 1 aliphatic heterocycles. The summed E-state index contributed by atoms with van der Waals surface area (Å²) in [5, 5.41) is 13.5. The summed E-state index contributed by atoms with van der Waals surface area (Å²) in [4.78, 5) is 2.53. The minimum Gasteiger partial charge on any atom is -0.508 e. The average molecular weight is 319 g/mol. The molecule has 2 aliphatic rings. The van der Waals surface area contributed by atoms with E-state index < -0.39 is 0 Å². The molecular formula is C15H24Cl2N2O. The van der Waals surface area contributed by atoms with E-state index in [1.165, 1.54) is 19.3 Å². The van der Waals surface area contributed by atoms with Gasteiger partial charge in [-0.15, -0.1) is 24.8 Å². The van der Waals surface area contributed by atoms with Crippen LogP contribution in [-0.4, -0.2) is 36.2 Å². The SMILES string of the molecule is Cl.Cl.Oc1ccccc1[C@@H](CC1CC1)N1CCNCC1. The van der Waals surface area contributed by atoms with E-state index in [1.807, 2.05) is 18.2 Å². The van der Waals surface area contributed by atoms with Crippen LogP contribution >= 0.6 is 24.8 Å². The summed E-state index contributed by atoms with van der Waals surface area (Å²) >= 11 is 0. The van der Waals surface area contributed by atoms with Gasteiger partial charge < -0.3 is 10.4 Å². The highest BCUT2D eigenvalue weighted by molar-refractivity contribution is 5.85. The van der Waals surface area contributed by atoms with Crippen molar-refractivity contribution in [1.82, 2.24) is 10.2 Å². The van der Waals surface area contributed by atoms with Crippen molar-refractivity contribution in [3.05, 3.63) is 29.8 Å². The Bertz CT molecular complexity index is 407. The molecule has 1 saturated heterocycles. The summed E-state index contributed by atoms with van der Waals surface area (Å²) in [6.45, 7) is 4.31. The van der Waals surface area contributed by atoms with Gasteiger partial charge in [0.25, 0.3) is 0 Å². The van der Waals surface area contributed by atoms with Gasteiger partial charge in [-0.2, -0.15) is 0 Å². The highest BCUT2D eigenvalue weighted by Gasteiger charge is 2.31. The van der Waals surface area contributed by atoms with Crippen LogP contribution in [0.25, 0.3) is 0 Å². The fourth-order valence-corrected chi connectivity index (χ4v) is 2.91. The van der Waals surface area contributed by atoms with Gasteiger partial charge in [0.15, 0.2) is 0 Å². The molecule has 5 heteroatoms. The predicted molar refractivity (Wildman–Crippen MR) is 87.1 cm³/mol. The number of benzene rings is 1. The molecule has 1 aliphatic carbocycles. The Morgan fingerprint density at radius 3 is 2.40 bits per heavy atom. The third-order valence-electron chi connectivity index (χ3n) is 4.14. The largest absolute Gasteiger partial charge is 0.508 e. The standard InChI is InChI=1S/C15H22N2O.2ClH/c18-15-4-2-1-3-13(15)14(11-12-5-6-12)17-9-7-16-8-10-17;;/h1-4,12,14,16,18H,5-11H2;2*1H/t14-;;/m1../s1. The molecule has 3 nitrogen and oxygen atoms in total. The maximum Gasteiger partial charge on any atom is 0.120 e. The Morgan fingerprint density at radius 2 is 1.80 bits per heavy atom. The van der Waals surface area contributed by atoms with Crippen LogP contribution < -0.4 is 5.32 Å². The van der Waals surface area contributed by atoms with E-state index in [9.17, 15) is 5.11 Å². The van der Waals surface area contributed by atoms with Crippen molar-refractivity contribution in [3.8, 4) is 5.75 Å². The van der Waals surface area contributed by atoms with E-state index in [-0.39, 0.29) is 24.8 Å². The molecule has 3 rings (SSSR count). The lowest BCUT2D eigenvalue weighted by Crippen LogP contribution is -2.45. The number of phenolic OH excluding ortho intramolecular Hbond substituents is 1. The van der Waals surface area contributed by atoms with Crippen LogP contribution in [0.2, 0.25) is 0 Å². The lowest BCUT2D eigenvalue weighted by Gasteiger charge is -2.35. The van der Waals surface area contributed by atoms with E-state index in [0.717, 1.165) is 37.7 Å². The zero-order valence-electron chi connectivity index (χ0n) is 11.6. The molecule has 0 aromatic heterocycles. The fourth-order valence-electron chi connectivity index (χ4n) is 2.91. The number of nitrogens with one attached hydrogen (secondary N) is 1. The average Bonchev–Trinajstić information content (AvgIpc) is 3.22. The van der Waals surface area contributed by atoms with Crippen LogP contribution in [0.5, 0.6) is 5.75 Å². The summed E-state index contributed by atoms with van der Waals surface area (Å²) in [6, 6.07) is 8.25. The fraction of sp³-hybridized carbons (Fsp3) is 0.600. The lowest BCUT2D eigenvalue weighted by atomic mass is 9.98. The highest BCUT2D eigenvalue weighted by atomic mass is 35.5. The first kappa shape index (κ1) is 17.6. The second-order valence-corrected chi connectivity index (χ2v) is 5.54. The van der Waals surface area contributed by atoms with Gasteiger partial charge in [-0.3, -0.25) is 4.90 Å². The van der Waals surface area contributed by atoms with Crippen LogP contribution in [0, 0.1) is 5.92 Å². The maximum absolute atomic E-state index is 10.1. The van der Waals surface area contributed by atoms with E-state index in [0.29, 0.717) is 11.8 Å². The van der Waals surface area contributed by atoms with E-state index in [4.69, 9.17) is 0 Å². The first-order valence-electron chi connectivity index (χ1n) is 7.07. The van der Waals surface area contributed by atoms with Crippen LogP contribution in [0.1, 0.15) is 30.9 Å². The quantitative estimate of drug-likeness (QED) is 0.896. The zero-order valence-corrected chi connectivity index (χ0v) is 13.3. The topological polar surface area (TPSA) is 35.5 Å². The Balaban J connectivity index is 0.000001000. The molecule has 1 heterocycles. The van der Waals surface area contributed by atoms with Crippen molar-refractivity contribution in [2.24, 2.45) is 5.92 Å². The van der Waals surface area contributed by atoms with Gasteiger partial charge in [-0.1, -0.05) is 31.0 Å². The molecule has 1 saturated carbocycles. The second kappa shape index (κ2) is 8.08. The number of hydrogen-bond acceptors (Lipinski definition) is 3. The minimum atomic E-state index is 0. The predicted octanol–water partition coefficient (Wildman–Crippen LogP) is 2.98. The Labute approximate surface area is 133 Å². The van der Waals surface area contributed by atoms with Crippen molar-refractivity contribution < 1.29 is 5.11 Å². The summed E-state index contributed by atoms with van der Waals surface area (Å²) in [5.41, 5.74) is 1.12. The van der Waals surface area contributed by atoms with E-state index in [2.05, 4.69) is 16.3 Å². The van der Waals surface area contributed by atoms with Crippen LogP contribution in [0.15, 0.2) is 24.3 Å². The molecule has 1 atom stereocenters. The molecule has 0 bridgehead atoms. The summed E-state index contributed by atoms with van der Waals surface area (Å²) < 4.78 is 0. The van der Waals surface area contributed by atoms with Crippen molar-refractivity contribution in [3.63, 3.8) is 0 Å². The maximum atomic E-state index is 10.1. The zero-order chi connectivity index (χ0) is 12.4. The van der Waals surface area contributed by atoms with Crippen molar-refractivity contribution in [2.45, 2.75) is 25.3 Å². The number of hydrogen-bond donors (Lipinski definition) is 2. The normalized spacial score (nSPS) is 20.6. The van der Waals surface area contributed by atoms with Crippen molar-refractivity contribution in [2.75, 3.05) is 26.2 Å². The van der Waals surface area contributed by atoms with E-state index in [1.54, 1.807) is 0 Å². The Morgan fingerprint density at radius 1 is 1.15 bits per heavy atom. The third-order valence-corrected chi connectivity index (χ3v) is 4.14. The number of phenols is 1. The molecule has 2 fully saturated rings. The van der Waals surface area contributed by atoms with Gasteiger partial charge in [0.05, 0.1) is 0 Å². The molecule has 2 N–H and O–H groups in total. The lowest BCUT2D eigenvalue weighted by molar-refractivity contribution is 0.158. The second-order valence-electron chi connectivity index (χ2n) is 5.54. The summed E-state index contributed by atoms with van der Waals surface area (Å²) in [6.07, 6.45) is 3.95. The summed E-state index contributed by atoms with van der Waals surface area (Å²) in [5.74, 6) is 1.34. The number of aromatic hydroxyl groups is 1. The number of para-hydroxylation sites is 1. The van der Waals surface area contributed by atoms with Gasteiger partial charge in [-0.25, -0.2) is 0 Å². The number of rotatable bonds is 4. The molecule has 0 spiro atoms. The van der Waals surface area contributed by atoms with Crippen molar-refractivity contribution >= 4 is 24.8 Å². The molecule has 0 amide bonds. The van der Waals surface area contributed by atoms with Crippen LogP contribution in [0.4, 0.5) is 0 Å². The number of nitrogens with zero attached hydrogens (tertiary/aromatic N) is 1. The first-order valence-corrected chi connectivity index (χ1v) is 7.07. The molecule has 1 aromatic rings. The van der Waals surface area contributed by atoms with Gasteiger partial charge in [0.2, 0.25) is 0 Å². The molecular weight excluding hydrogens is 295 g/mol. The molecule has 0 unspecified atom stereocenters. The highest BCUT2D eigenvalue weighted by Crippen LogP contribution is 2.42. The third kappa shape index (κ3) is 4.26. The van der Waals surface area contributed by atoms with Crippen LogP contribution in [0.3, 0.4) is 0 Å². The Kier molecular flexibility index (Phi) is 7.10. The Hall–Kier alpha value is -0.480. The van der Waals surface area contributed by atoms with Gasteiger partial charge in [-0.05, 0) is 18.4 Å². The molecule has 20 heavy (non-hydrogen) atoms. The first-order chi connectivity index (χ1) is 8.84. The summed E-state index contributed by atoms with van der Waals surface area (Å²) in [7, 11) is 0. The smallest absolute Gasteiger partial charge is 0.120 e. The minimum absolute atomic E-state index is 0. The van der Waals surface area contributed by atoms with Gasteiger partial charge >= 0.3 is 0 Å². The van der Waals surface area contributed by atoms with Gasteiger partial charge in [0.1, 0.15) is 5.75 Å². The number of halogens is 2.